The second-order valence-corrected chi connectivity index (χ2v) is 4.27. The Labute approximate surface area is 102 Å². The number of amides is 1. The first-order valence-corrected chi connectivity index (χ1v) is 5.74. The minimum atomic E-state index is -1.58. The van der Waals surface area contributed by atoms with Gasteiger partial charge in [0.15, 0.2) is 17.5 Å². The molecule has 0 aliphatic carbocycles. The summed E-state index contributed by atoms with van der Waals surface area (Å²) in [6, 6.07) is 1.86. The molecule has 0 radical (unpaired) electrons. The molecule has 1 aromatic rings. The van der Waals surface area contributed by atoms with Gasteiger partial charge in [0.2, 0.25) is 5.91 Å². The van der Waals surface area contributed by atoms with Crippen LogP contribution in [0.4, 0.5) is 18.9 Å². The third-order valence-electron chi connectivity index (χ3n) is 2.90. The number of carbonyl (C=O) groups excluding carboxylic acids is 1. The molecule has 1 aliphatic heterocycles. The topological polar surface area (TPSA) is 41.1 Å². The average Bonchev–Trinajstić information content (AvgIpc) is 2.83. The number of rotatable bonds is 3. The van der Waals surface area contributed by atoms with Crippen molar-refractivity contribution in [2.75, 3.05) is 11.9 Å². The standard InChI is InChI=1S/C12H13F3N2O/c13-8-3-4-9(12(15)11(8)14)17-10(18)6-7-2-1-5-16-7/h3-4,7,16H,1-2,5-6H2,(H,17,18). The van der Waals surface area contributed by atoms with Gasteiger partial charge in [-0.3, -0.25) is 4.79 Å². The molecule has 0 aromatic heterocycles. The first-order chi connectivity index (χ1) is 8.58. The molecule has 6 heteroatoms. The molecule has 0 saturated carbocycles. The zero-order valence-corrected chi connectivity index (χ0v) is 9.60. The highest BCUT2D eigenvalue weighted by Gasteiger charge is 2.19. The van der Waals surface area contributed by atoms with Gasteiger partial charge in [-0.1, -0.05) is 0 Å². The van der Waals surface area contributed by atoms with E-state index in [0.717, 1.165) is 31.5 Å². The maximum Gasteiger partial charge on any atom is 0.226 e. The van der Waals surface area contributed by atoms with E-state index in [4.69, 9.17) is 0 Å². The Balaban J connectivity index is 2.00. The molecular formula is C12H13F3N2O. The Bertz CT molecular complexity index is 459. The van der Waals surface area contributed by atoms with Crippen molar-refractivity contribution in [2.45, 2.75) is 25.3 Å². The first kappa shape index (κ1) is 12.9. The van der Waals surface area contributed by atoms with Crippen LogP contribution in [-0.2, 0) is 4.79 Å². The van der Waals surface area contributed by atoms with E-state index >= 15 is 0 Å². The molecule has 0 bridgehead atoms. The third-order valence-corrected chi connectivity index (χ3v) is 2.90. The lowest BCUT2D eigenvalue weighted by Crippen LogP contribution is -2.27. The number of hydrogen-bond acceptors (Lipinski definition) is 2. The zero-order valence-electron chi connectivity index (χ0n) is 9.60. The Morgan fingerprint density at radius 1 is 1.33 bits per heavy atom. The normalized spacial score (nSPS) is 18.9. The van der Waals surface area contributed by atoms with E-state index in [1.165, 1.54) is 0 Å². The maximum atomic E-state index is 13.3. The summed E-state index contributed by atoms with van der Waals surface area (Å²) in [4.78, 5) is 11.6. The number of halogens is 3. The fourth-order valence-corrected chi connectivity index (χ4v) is 1.98. The van der Waals surface area contributed by atoms with Crippen molar-refractivity contribution in [3.8, 4) is 0 Å². The van der Waals surface area contributed by atoms with Crippen molar-refractivity contribution >= 4 is 11.6 Å². The summed E-state index contributed by atoms with van der Waals surface area (Å²) < 4.78 is 38.9. The number of benzene rings is 1. The smallest absolute Gasteiger partial charge is 0.226 e. The van der Waals surface area contributed by atoms with Crippen molar-refractivity contribution in [1.82, 2.24) is 5.32 Å². The Kier molecular flexibility index (Phi) is 3.86. The largest absolute Gasteiger partial charge is 0.323 e. The van der Waals surface area contributed by atoms with E-state index in [0.29, 0.717) is 0 Å². The van der Waals surface area contributed by atoms with Crippen LogP contribution in [0.25, 0.3) is 0 Å². The molecule has 3 nitrogen and oxygen atoms in total. The second kappa shape index (κ2) is 5.39. The second-order valence-electron chi connectivity index (χ2n) is 4.27. The van der Waals surface area contributed by atoms with Crippen molar-refractivity contribution in [2.24, 2.45) is 0 Å². The molecule has 18 heavy (non-hydrogen) atoms. The van der Waals surface area contributed by atoms with Crippen molar-refractivity contribution < 1.29 is 18.0 Å². The van der Waals surface area contributed by atoms with Crippen LogP contribution in [0.3, 0.4) is 0 Å². The Morgan fingerprint density at radius 3 is 2.78 bits per heavy atom. The lowest BCUT2D eigenvalue weighted by atomic mass is 10.1. The molecule has 1 aromatic carbocycles. The molecule has 2 rings (SSSR count). The molecule has 1 amide bonds. The van der Waals surface area contributed by atoms with Crippen LogP contribution in [0.1, 0.15) is 19.3 Å². The average molecular weight is 258 g/mol. The van der Waals surface area contributed by atoms with Crippen LogP contribution in [-0.4, -0.2) is 18.5 Å². The Hall–Kier alpha value is -1.56. The summed E-state index contributed by atoms with van der Waals surface area (Å²) in [5.41, 5.74) is -0.336. The van der Waals surface area contributed by atoms with Crippen LogP contribution in [0.2, 0.25) is 0 Å². The van der Waals surface area contributed by atoms with E-state index in [2.05, 4.69) is 10.6 Å². The minimum absolute atomic E-state index is 0.0679. The highest BCUT2D eigenvalue weighted by Crippen LogP contribution is 2.20. The third kappa shape index (κ3) is 2.81. The van der Waals surface area contributed by atoms with Crippen LogP contribution in [0, 0.1) is 17.5 Å². The summed E-state index contributed by atoms with van der Waals surface area (Å²) in [5.74, 6) is -4.64. The Morgan fingerprint density at radius 2 is 2.11 bits per heavy atom. The van der Waals surface area contributed by atoms with Crippen molar-refractivity contribution in [3.63, 3.8) is 0 Å². The molecule has 1 heterocycles. The van der Waals surface area contributed by atoms with Gasteiger partial charge in [0.25, 0.3) is 0 Å². The quantitative estimate of drug-likeness (QED) is 0.816. The van der Waals surface area contributed by atoms with Crippen LogP contribution in [0.15, 0.2) is 12.1 Å². The fraction of sp³-hybridized carbons (Fsp3) is 0.417. The van der Waals surface area contributed by atoms with Gasteiger partial charge in [-0.15, -0.1) is 0 Å². The molecule has 1 saturated heterocycles. The van der Waals surface area contributed by atoms with Crippen LogP contribution in [0.5, 0.6) is 0 Å². The molecule has 1 aliphatic rings. The number of carbonyl (C=O) groups is 1. The van der Waals surface area contributed by atoms with Gasteiger partial charge >= 0.3 is 0 Å². The number of anilines is 1. The van der Waals surface area contributed by atoms with Gasteiger partial charge in [0.1, 0.15) is 0 Å². The minimum Gasteiger partial charge on any atom is -0.323 e. The number of hydrogen-bond donors (Lipinski definition) is 2. The van der Waals surface area contributed by atoms with Gasteiger partial charge in [0, 0.05) is 12.5 Å². The van der Waals surface area contributed by atoms with Gasteiger partial charge in [-0.05, 0) is 31.5 Å². The van der Waals surface area contributed by atoms with E-state index in [-0.39, 0.29) is 18.2 Å². The lowest BCUT2D eigenvalue weighted by molar-refractivity contribution is -0.116. The highest BCUT2D eigenvalue weighted by molar-refractivity contribution is 5.91. The van der Waals surface area contributed by atoms with Gasteiger partial charge in [-0.2, -0.15) is 0 Å². The summed E-state index contributed by atoms with van der Waals surface area (Å²) >= 11 is 0. The molecule has 2 N–H and O–H groups in total. The van der Waals surface area contributed by atoms with E-state index < -0.39 is 23.4 Å². The summed E-state index contributed by atoms with van der Waals surface area (Å²) in [7, 11) is 0. The van der Waals surface area contributed by atoms with E-state index in [1.807, 2.05) is 0 Å². The summed E-state index contributed by atoms with van der Waals surface area (Å²) in [5, 5.41) is 5.36. The SMILES string of the molecule is O=C(CC1CCCN1)Nc1ccc(F)c(F)c1F. The van der Waals surface area contributed by atoms with Gasteiger partial charge in [0.05, 0.1) is 5.69 Å². The summed E-state index contributed by atoms with van der Waals surface area (Å²) in [6.07, 6.45) is 2.07. The molecule has 98 valence electrons. The molecule has 1 atom stereocenters. The van der Waals surface area contributed by atoms with Gasteiger partial charge in [-0.25, -0.2) is 13.2 Å². The van der Waals surface area contributed by atoms with E-state index in [9.17, 15) is 18.0 Å². The number of nitrogens with one attached hydrogen (secondary N) is 2. The predicted octanol–water partition coefficient (Wildman–Crippen LogP) is 2.18. The zero-order chi connectivity index (χ0) is 13.1. The predicted molar refractivity (Wildman–Crippen MR) is 60.6 cm³/mol. The van der Waals surface area contributed by atoms with Gasteiger partial charge < -0.3 is 10.6 Å². The lowest BCUT2D eigenvalue weighted by Gasteiger charge is -2.11. The molecular weight excluding hydrogens is 245 g/mol. The van der Waals surface area contributed by atoms with Crippen LogP contribution >= 0.6 is 0 Å². The monoisotopic (exact) mass is 258 g/mol. The molecule has 0 spiro atoms. The van der Waals surface area contributed by atoms with E-state index in [1.54, 1.807) is 0 Å². The summed E-state index contributed by atoms with van der Waals surface area (Å²) in [6.45, 7) is 0.859. The van der Waals surface area contributed by atoms with Crippen LogP contribution < -0.4 is 10.6 Å². The fourth-order valence-electron chi connectivity index (χ4n) is 1.98. The molecule has 1 fully saturated rings. The van der Waals surface area contributed by atoms with Crippen molar-refractivity contribution in [1.29, 1.82) is 0 Å². The highest BCUT2D eigenvalue weighted by atomic mass is 19.2. The molecule has 1 unspecified atom stereocenters. The van der Waals surface area contributed by atoms with Crippen molar-refractivity contribution in [3.05, 3.63) is 29.6 Å². The first-order valence-electron chi connectivity index (χ1n) is 5.74. The maximum absolute atomic E-state index is 13.3.